The van der Waals surface area contributed by atoms with Gasteiger partial charge in [-0.3, -0.25) is 9.59 Å². The largest absolute Gasteiger partial charge is 0.331 e. The SMILES string of the molecule is CC(=O)N(CC(=O)Nc1ccc(Cl)cc1Cl)C1CCCCC1. The molecule has 0 aliphatic heterocycles. The lowest BCUT2D eigenvalue weighted by molar-refractivity contribution is -0.135. The molecule has 1 aliphatic rings. The Morgan fingerprint density at radius 2 is 1.91 bits per heavy atom. The van der Waals surface area contributed by atoms with Crippen LogP contribution in [0, 0.1) is 0 Å². The highest BCUT2D eigenvalue weighted by atomic mass is 35.5. The number of amides is 2. The minimum Gasteiger partial charge on any atom is -0.331 e. The van der Waals surface area contributed by atoms with Gasteiger partial charge in [0.2, 0.25) is 11.8 Å². The molecule has 0 unspecified atom stereocenters. The van der Waals surface area contributed by atoms with Crippen molar-refractivity contribution in [2.45, 2.75) is 45.1 Å². The van der Waals surface area contributed by atoms with E-state index in [1.165, 1.54) is 13.3 Å². The number of anilines is 1. The topological polar surface area (TPSA) is 49.4 Å². The number of rotatable bonds is 4. The second-order valence-corrected chi connectivity index (χ2v) is 6.45. The molecule has 0 saturated heterocycles. The van der Waals surface area contributed by atoms with Gasteiger partial charge in [-0.1, -0.05) is 42.5 Å². The molecule has 0 heterocycles. The molecule has 1 aromatic rings. The Bertz CT molecular complexity index is 557. The van der Waals surface area contributed by atoms with Gasteiger partial charge >= 0.3 is 0 Å². The monoisotopic (exact) mass is 342 g/mol. The minimum atomic E-state index is -0.245. The summed E-state index contributed by atoms with van der Waals surface area (Å²) in [7, 11) is 0. The number of halogens is 2. The predicted molar refractivity (Wildman–Crippen MR) is 89.4 cm³/mol. The Hall–Kier alpha value is -1.26. The van der Waals surface area contributed by atoms with E-state index >= 15 is 0 Å². The van der Waals surface area contributed by atoms with Gasteiger partial charge in [0.1, 0.15) is 6.54 Å². The van der Waals surface area contributed by atoms with E-state index < -0.39 is 0 Å². The van der Waals surface area contributed by atoms with Crippen molar-refractivity contribution < 1.29 is 9.59 Å². The third kappa shape index (κ3) is 4.62. The van der Waals surface area contributed by atoms with Crippen molar-refractivity contribution in [2.24, 2.45) is 0 Å². The molecule has 0 atom stereocenters. The van der Waals surface area contributed by atoms with Gasteiger partial charge in [-0.2, -0.15) is 0 Å². The number of hydrogen-bond donors (Lipinski definition) is 1. The van der Waals surface area contributed by atoms with Crippen LogP contribution in [0.5, 0.6) is 0 Å². The van der Waals surface area contributed by atoms with Gasteiger partial charge in [-0.15, -0.1) is 0 Å². The average Bonchev–Trinajstić information content (AvgIpc) is 2.48. The molecule has 1 aliphatic carbocycles. The van der Waals surface area contributed by atoms with Gasteiger partial charge in [0, 0.05) is 18.0 Å². The van der Waals surface area contributed by atoms with Crippen LogP contribution in [-0.2, 0) is 9.59 Å². The van der Waals surface area contributed by atoms with Crippen molar-refractivity contribution in [1.82, 2.24) is 4.90 Å². The van der Waals surface area contributed by atoms with Crippen molar-refractivity contribution in [3.05, 3.63) is 28.2 Å². The summed E-state index contributed by atoms with van der Waals surface area (Å²) in [5.74, 6) is -0.311. The molecule has 0 bridgehead atoms. The molecule has 2 rings (SSSR count). The zero-order valence-electron chi connectivity index (χ0n) is 12.6. The molecule has 0 radical (unpaired) electrons. The van der Waals surface area contributed by atoms with Crippen LogP contribution in [0.1, 0.15) is 39.0 Å². The molecule has 1 fully saturated rings. The molecular weight excluding hydrogens is 323 g/mol. The first-order chi connectivity index (χ1) is 10.5. The molecule has 6 heteroatoms. The highest BCUT2D eigenvalue weighted by Gasteiger charge is 2.25. The second-order valence-electron chi connectivity index (χ2n) is 5.61. The van der Waals surface area contributed by atoms with E-state index in [1.54, 1.807) is 23.1 Å². The van der Waals surface area contributed by atoms with Gasteiger partial charge < -0.3 is 10.2 Å². The summed E-state index contributed by atoms with van der Waals surface area (Å²) in [6, 6.07) is 5.05. The van der Waals surface area contributed by atoms with Crippen molar-refractivity contribution in [1.29, 1.82) is 0 Å². The quantitative estimate of drug-likeness (QED) is 0.894. The maximum absolute atomic E-state index is 12.2. The maximum atomic E-state index is 12.2. The van der Waals surface area contributed by atoms with Crippen LogP contribution in [0.15, 0.2) is 18.2 Å². The predicted octanol–water partition coefficient (Wildman–Crippen LogP) is 4.11. The molecule has 1 aromatic carbocycles. The lowest BCUT2D eigenvalue weighted by Crippen LogP contribution is -2.44. The Kier molecular flexibility index (Phi) is 6.09. The Labute approximate surface area is 140 Å². The third-order valence-electron chi connectivity index (χ3n) is 3.94. The van der Waals surface area contributed by atoms with Gasteiger partial charge in [0.15, 0.2) is 0 Å². The van der Waals surface area contributed by atoms with E-state index in [9.17, 15) is 9.59 Å². The van der Waals surface area contributed by atoms with Crippen LogP contribution in [0.3, 0.4) is 0 Å². The van der Waals surface area contributed by atoms with E-state index in [-0.39, 0.29) is 24.4 Å². The first-order valence-corrected chi connectivity index (χ1v) is 8.25. The summed E-state index contributed by atoms with van der Waals surface area (Å²) < 4.78 is 0. The van der Waals surface area contributed by atoms with Crippen LogP contribution in [0.2, 0.25) is 10.0 Å². The van der Waals surface area contributed by atoms with Crippen molar-refractivity contribution in [3.8, 4) is 0 Å². The van der Waals surface area contributed by atoms with Crippen LogP contribution < -0.4 is 5.32 Å². The summed E-state index contributed by atoms with van der Waals surface area (Å²) in [6.45, 7) is 1.57. The number of hydrogen-bond acceptors (Lipinski definition) is 2. The maximum Gasteiger partial charge on any atom is 0.244 e. The van der Waals surface area contributed by atoms with Gasteiger partial charge in [0.25, 0.3) is 0 Å². The summed E-state index contributed by atoms with van der Waals surface area (Å²) in [6.07, 6.45) is 5.36. The summed E-state index contributed by atoms with van der Waals surface area (Å²) in [5, 5.41) is 3.63. The van der Waals surface area contributed by atoms with Crippen LogP contribution in [-0.4, -0.2) is 29.3 Å². The minimum absolute atomic E-state index is 0.0545. The molecule has 120 valence electrons. The van der Waals surface area contributed by atoms with E-state index in [2.05, 4.69) is 5.32 Å². The third-order valence-corrected chi connectivity index (χ3v) is 4.49. The molecule has 1 saturated carbocycles. The number of carbonyl (C=O) groups is 2. The number of nitrogens with zero attached hydrogens (tertiary/aromatic N) is 1. The highest BCUT2D eigenvalue weighted by Crippen LogP contribution is 2.26. The molecule has 1 N–H and O–H groups in total. The Morgan fingerprint density at radius 1 is 1.23 bits per heavy atom. The van der Waals surface area contributed by atoms with E-state index in [1.807, 2.05) is 0 Å². The first-order valence-electron chi connectivity index (χ1n) is 7.49. The number of nitrogens with one attached hydrogen (secondary N) is 1. The Balaban J connectivity index is 2.00. The molecular formula is C16H20Cl2N2O2. The van der Waals surface area contributed by atoms with Gasteiger partial charge in [-0.05, 0) is 31.0 Å². The average molecular weight is 343 g/mol. The first kappa shape index (κ1) is 17.1. The van der Waals surface area contributed by atoms with Gasteiger partial charge in [0.05, 0.1) is 10.7 Å². The van der Waals surface area contributed by atoms with Crippen LogP contribution >= 0.6 is 23.2 Å². The summed E-state index contributed by atoms with van der Waals surface area (Å²) >= 11 is 11.9. The number of carbonyl (C=O) groups excluding carboxylic acids is 2. The summed E-state index contributed by atoms with van der Waals surface area (Å²) in [4.78, 5) is 25.7. The fraction of sp³-hybridized carbons (Fsp3) is 0.500. The van der Waals surface area contributed by atoms with E-state index in [0.29, 0.717) is 15.7 Å². The molecule has 22 heavy (non-hydrogen) atoms. The second kappa shape index (κ2) is 7.84. The normalized spacial score (nSPS) is 15.4. The molecule has 2 amide bonds. The molecule has 0 spiro atoms. The van der Waals surface area contributed by atoms with Crippen molar-refractivity contribution in [2.75, 3.05) is 11.9 Å². The smallest absolute Gasteiger partial charge is 0.244 e. The van der Waals surface area contributed by atoms with Gasteiger partial charge in [-0.25, -0.2) is 0 Å². The highest BCUT2D eigenvalue weighted by molar-refractivity contribution is 6.36. The van der Waals surface area contributed by atoms with E-state index in [4.69, 9.17) is 23.2 Å². The zero-order chi connectivity index (χ0) is 16.1. The molecule has 4 nitrogen and oxygen atoms in total. The lowest BCUT2D eigenvalue weighted by atomic mass is 9.94. The number of benzene rings is 1. The van der Waals surface area contributed by atoms with Crippen LogP contribution in [0.25, 0.3) is 0 Å². The summed E-state index contributed by atoms with van der Waals surface area (Å²) in [5.41, 5.74) is 0.503. The lowest BCUT2D eigenvalue weighted by Gasteiger charge is -2.33. The fourth-order valence-electron chi connectivity index (χ4n) is 2.83. The van der Waals surface area contributed by atoms with Crippen molar-refractivity contribution >= 4 is 40.7 Å². The van der Waals surface area contributed by atoms with E-state index in [0.717, 1.165) is 25.7 Å². The Morgan fingerprint density at radius 3 is 2.50 bits per heavy atom. The standard InChI is InChI=1S/C16H20Cl2N2O2/c1-11(21)20(13-5-3-2-4-6-13)10-16(22)19-15-8-7-12(17)9-14(15)18/h7-9,13H,2-6,10H2,1H3,(H,19,22). The fourth-order valence-corrected chi connectivity index (χ4v) is 3.28. The zero-order valence-corrected chi connectivity index (χ0v) is 14.1. The van der Waals surface area contributed by atoms with Crippen LogP contribution in [0.4, 0.5) is 5.69 Å². The molecule has 0 aromatic heterocycles. The van der Waals surface area contributed by atoms with Crippen molar-refractivity contribution in [3.63, 3.8) is 0 Å².